The summed E-state index contributed by atoms with van der Waals surface area (Å²) in [6, 6.07) is -0.980. The minimum absolute atomic E-state index is 0.234. The van der Waals surface area contributed by atoms with E-state index in [2.05, 4.69) is 104 Å². The lowest BCUT2D eigenvalue weighted by molar-refractivity contribution is -0.379. The average molecular weight is 1290 g/mol. The monoisotopic (exact) mass is 1290 g/mol. The van der Waals surface area contributed by atoms with Crippen LogP contribution in [0.15, 0.2) is 97.2 Å². The maximum absolute atomic E-state index is 13.4. The van der Waals surface area contributed by atoms with Crippen LogP contribution in [0.5, 0.6) is 0 Å². The molecule has 1 amide bonds. The maximum Gasteiger partial charge on any atom is 0.220 e. The highest BCUT2D eigenvalue weighted by Crippen LogP contribution is 2.33. The number of nitrogens with one attached hydrogen (secondary N) is 1. The Morgan fingerprint density at radius 3 is 1.19 bits per heavy atom. The molecule has 17 unspecified atom stereocenters. The number of hydrogen-bond donors (Lipinski definition) is 12. The number of carbonyl (C=O) groups excluding carboxylic acids is 1. The van der Waals surface area contributed by atoms with E-state index in [4.69, 9.17) is 28.4 Å². The molecule has 0 bridgehead atoms. The smallest absolute Gasteiger partial charge is 0.220 e. The molecule has 0 radical (unpaired) electrons. The lowest BCUT2D eigenvalue weighted by atomic mass is 9.96. The molecule has 524 valence electrons. The van der Waals surface area contributed by atoms with Gasteiger partial charge in [-0.3, -0.25) is 4.79 Å². The van der Waals surface area contributed by atoms with Crippen LogP contribution in [0.2, 0.25) is 0 Å². The Balaban J connectivity index is 1.38. The van der Waals surface area contributed by atoms with Crippen molar-refractivity contribution < 1.29 is 89.4 Å². The Kier molecular flexibility index (Phi) is 47.7. The first-order valence-corrected chi connectivity index (χ1v) is 35.0. The van der Waals surface area contributed by atoms with E-state index in [1.807, 2.05) is 6.08 Å². The molecule has 12 N–H and O–H groups in total. The quantitative estimate of drug-likeness (QED) is 0.0199. The van der Waals surface area contributed by atoms with E-state index in [1.54, 1.807) is 6.08 Å². The standard InChI is InChI=1S/C72H123NO18/c1-3-5-7-9-11-13-15-17-18-19-20-21-22-23-24-25-26-27-28-29-30-31-32-33-34-35-36-38-40-42-44-46-48-50-60(78)73-55(56(77)49-47-45-43-41-39-37-16-14-12-10-8-6-4-2)54-86-70-66(84)63(81)68(58(52-75)88-70)91-72-67(85)64(82)69(59(53-76)89-72)90-71-65(83)62(80)61(79)57(51-74)87-71/h5,7,11,13,17-18,20-21,23-24,26-27,29-30,47,49,55-59,61-72,74-77,79-85H,3-4,6,8-10,12,14-16,19,22,25,28,31-46,48,50-54H2,1-2H3,(H,73,78)/b7-5-,13-11-,18-17-,21-20-,24-23-,27-26-,30-29-,49-47+. The van der Waals surface area contributed by atoms with E-state index in [0.29, 0.717) is 6.42 Å². The van der Waals surface area contributed by atoms with Crippen molar-refractivity contribution in [2.45, 2.75) is 324 Å². The van der Waals surface area contributed by atoms with Crippen LogP contribution in [0.1, 0.15) is 219 Å². The SMILES string of the molecule is CC/C=C\C/C=C\C/C=C\C/C=C\C/C=C\C/C=C\C/C=C\CCCCCCCCCCCCCC(=O)NC(COC1OC(CO)C(OC2OC(CO)C(OC3OC(CO)C(O)C(O)C3O)C(O)C2O)C(O)C1O)C(O)/C=C/CCCCCCCCCCCCC. The van der Waals surface area contributed by atoms with Crippen molar-refractivity contribution in [1.29, 1.82) is 0 Å². The van der Waals surface area contributed by atoms with Gasteiger partial charge in [0.2, 0.25) is 5.91 Å². The van der Waals surface area contributed by atoms with Gasteiger partial charge in [0.1, 0.15) is 73.2 Å². The van der Waals surface area contributed by atoms with E-state index in [9.17, 15) is 61.0 Å². The van der Waals surface area contributed by atoms with Crippen molar-refractivity contribution in [3.63, 3.8) is 0 Å². The van der Waals surface area contributed by atoms with Gasteiger partial charge in [-0.1, -0.05) is 233 Å². The summed E-state index contributed by atoms with van der Waals surface area (Å²) in [5, 5.41) is 120. The molecule has 3 rings (SSSR count). The van der Waals surface area contributed by atoms with E-state index in [1.165, 1.54) is 89.9 Å². The molecule has 91 heavy (non-hydrogen) atoms. The summed E-state index contributed by atoms with van der Waals surface area (Å²) in [6.07, 6.45) is 42.4. The molecule has 17 atom stereocenters. The van der Waals surface area contributed by atoms with Gasteiger partial charge in [0.25, 0.3) is 0 Å². The Morgan fingerprint density at radius 1 is 0.407 bits per heavy atom. The van der Waals surface area contributed by atoms with Gasteiger partial charge in [0, 0.05) is 6.42 Å². The topological polar surface area (TPSA) is 307 Å². The normalized spacial score (nSPS) is 28.5. The summed E-state index contributed by atoms with van der Waals surface area (Å²) in [5.74, 6) is -0.283. The summed E-state index contributed by atoms with van der Waals surface area (Å²) in [6.45, 7) is 1.59. The molecule has 0 aromatic carbocycles. The van der Waals surface area contributed by atoms with Crippen molar-refractivity contribution in [1.82, 2.24) is 5.32 Å². The molecule has 3 saturated heterocycles. The van der Waals surface area contributed by atoms with Crippen LogP contribution in [0, 0.1) is 0 Å². The van der Waals surface area contributed by atoms with E-state index in [0.717, 1.165) is 103 Å². The zero-order valence-corrected chi connectivity index (χ0v) is 55.3. The number of aliphatic hydroxyl groups is 11. The second-order valence-electron chi connectivity index (χ2n) is 24.6. The molecule has 0 saturated carbocycles. The number of allylic oxidation sites excluding steroid dienone is 15. The van der Waals surface area contributed by atoms with E-state index in [-0.39, 0.29) is 18.9 Å². The molecule has 19 nitrogen and oxygen atoms in total. The number of hydrogen-bond acceptors (Lipinski definition) is 18. The number of unbranched alkanes of at least 4 members (excludes halogenated alkanes) is 22. The maximum atomic E-state index is 13.4. The van der Waals surface area contributed by atoms with Crippen LogP contribution in [-0.4, -0.2) is 193 Å². The van der Waals surface area contributed by atoms with E-state index >= 15 is 0 Å². The molecular formula is C72H123NO18. The predicted octanol–water partition coefficient (Wildman–Crippen LogP) is 9.27. The second kappa shape index (κ2) is 52.9. The first-order chi connectivity index (χ1) is 44.3. The number of rotatable bonds is 52. The molecule has 0 spiro atoms. The molecular weight excluding hydrogens is 1170 g/mol. The van der Waals surface area contributed by atoms with Crippen molar-refractivity contribution >= 4 is 5.91 Å². The largest absolute Gasteiger partial charge is 0.394 e. The highest BCUT2D eigenvalue weighted by atomic mass is 16.8. The Bertz CT molecular complexity index is 2030. The summed E-state index contributed by atoms with van der Waals surface area (Å²) in [7, 11) is 0. The van der Waals surface area contributed by atoms with Gasteiger partial charge in [-0.25, -0.2) is 0 Å². The predicted molar refractivity (Wildman–Crippen MR) is 355 cm³/mol. The molecule has 0 aromatic rings. The minimum atomic E-state index is -1.98. The third kappa shape index (κ3) is 34.8. The Morgan fingerprint density at radius 2 is 0.758 bits per heavy atom. The van der Waals surface area contributed by atoms with E-state index < -0.39 is 124 Å². The van der Waals surface area contributed by atoms with Crippen LogP contribution in [0.4, 0.5) is 0 Å². The number of carbonyl (C=O) groups is 1. The lowest BCUT2D eigenvalue weighted by Gasteiger charge is -2.48. The second-order valence-corrected chi connectivity index (χ2v) is 24.6. The molecule has 3 aliphatic rings. The zero-order valence-electron chi connectivity index (χ0n) is 55.3. The highest BCUT2D eigenvalue weighted by molar-refractivity contribution is 5.76. The fraction of sp³-hybridized carbons (Fsp3) is 0.764. The van der Waals surface area contributed by atoms with Crippen LogP contribution in [0.3, 0.4) is 0 Å². The van der Waals surface area contributed by atoms with Crippen LogP contribution < -0.4 is 5.32 Å². The summed E-state index contributed by atoms with van der Waals surface area (Å²) in [5.41, 5.74) is 0. The molecule has 0 aliphatic carbocycles. The number of aliphatic hydroxyl groups excluding tert-OH is 11. The van der Waals surface area contributed by atoms with Crippen molar-refractivity contribution in [2.24, 2.45) is 0 Å². The van der Waals surface area contributed by atoms with Gasteiger partial charge < -0.3 is 89.9 Å². The lowest BCUT2D eigenvalue weighted by Crippen LogP contribution is -2.66. The summed E-state index contributed by atoms with van der Waals surface area (Å²) < 4.78 is 34.3. The third-order valence-electron chi connectivity index (χ3n) is 16.9. The first kappa shape index (κ1) is 81.9. The van der Waals surface area contributed by atoms with Gasteiger partial charge in [0.15, 0.2) is 18.9 Å². The minimum Gasteiger partial charge on any atom is -0.394 e. The van der Waals surface area contributed by atoms with Crippen LogP contribution in [-0.2, 0) is 33.2 Å². The molecule has 0 aromatic heterocycles. The molecule has 19 heteroatoms. The van der Waals surface area contributed by atoms with Gasteiger partial charge in [0.05, 0.1) is 38.6 Å². The average Bonchev–Trinajstić information content (AvgIpc) is 0.871. The fourth-order valence-corrected chi connectivity index (χ4v) is 11.2. The molecule has 3 heterocycles. The zero-order chi connectivity index (χ0) is 66.1. The number of amides is 1. The van der Waals surface area contributed by atoms with Crippen molar-refractivity contribution in [3.8, 4) is 0 Å². The number of ether oxygens (including phenoxy) is 6. The first-order valence-electron chi connectivity index (χ1n) is 35.0. The third-order valence-corrected chi connectivity index (χ3v) is 16.9. The van der Waals surface area contributed by atoms with Gasteiger partial charge >= 0.3 is 0 Å². The summed E-state index contributed by atoms with van der Waals surface area (Å²) >= 11 is 0. The van der Waals surface area contributed by atoms with Gasteiger partial charge in [-0.2, -0.15) is 0 Å². The highest BCUT2D eigenvalue weighted by Gasteiger charge is 2.53. The van der Waals surface area contributed by atoms with Crippen LogP contribution >= 0.6 is 0 Å². The van der Waals surface area contributed by atoms with Gasteiger partial charge in [-0.15, -0.1) is 0 Å². The van der Waals surface area contributed by atoms with Crippen LogP contribution in [0.25, 0.3) is 0 Å². The Hall–Kier alpha value is -3.29. The van der Waals surface area contributed by atoms with Gasteiger partial charge in [-0.05, 0) is 77.0 Å². The summed E-state index contributed by atoms with van der Waals surface area (Å²) in [4.78, 5) is 13.4. The Labute approximate surface area is 545 Å². The van der Waals surface area contributed by atoms with Crippen molar-refractivity contribution in [3.05, 3.63) is 97.2 Å². The molecule has 3 fully saturated rings. The molecule has 3 aliphatic heterocycles. The fourth-order valence-electron chi connectivity index (χ4n) is 11.2. The van der Waals surface area contributed by atoms with Crippen molar-refractivity contribution in [2.75, 3.05) is 26.4 Å².